The van der Waals surface area contributed by atoms with E-state index < -0.39 is 23.5 Å². The van der Waals surface area contributed by atoms with Crippen LogP contribution >= 0.6 is 23.2 Å². The van der Waals surface area contributed by atoms with Gasteiger partial charge in [0.2, 0.25) is 0 Å². The Morgan fingerprint density at radius 3 is 2.53 bits per heavy atom. The number of dihydropyridines is 1. The zero-order valence-corrected chi connectivity index (χ0v) is 21.9. The summed E-state index contributed by atoms with van der Waals surface area (Å²) in [6.45, 7) is 5.12. The lowest BCUT2D eigenvalue weighted by Crippen LogP contribution is -2.38. The smallest absolute Gasteiger partial charge is 0.336 e. The summed E-state index contributed by atoms with van der Waals surface area (Å²) in [6, 6.07) is 4.97. The van der Waals surface area contributed by atoms with Gasteiger partial charge in [-0.15, -0.1) is 10.2 Å². The first-order valence-electron chi connectivity index (χ1n) is 11.1. The molecular weight excluding hydrogens is 511 g/mol. The number of allylic oxidation sites excluding steroid dienone is 1. The van der Waals surface area contributed by atoms with E-state index in [1.165, 1.54) is 19.8 Å². The number of nitrogens with zero attached hydrogens (tertiary/aromatic N) is 3. The molecule has 2 atom stereocenters. The van der Waals surface area contributed by atoms with E-state index in [9.17, 15) is 14.7 Å². The normalized spacial score (nSPS) is 17.5. The summed E-state index contributed by atoms with van der Waals surface area (Å²) in [7, 11) is 1.25. The number of benzene rings is 1. The van der Waals surface area contributed by atoms with Gasteiger partial charge in [-0.1, -0.05) is 35.3 Å². The summed E-state index contributed by atoms with van der Waals surface area (Å²) in [5.41, 5.74) is 0.314. The number of methoxy groups -OCH3 is 1. The van der Waals surface area contributed by atoms with E-state index in [1.54, 1.807) is 43.5 Å². The molecule has 0 bridgehead atoms. The lowest BCUT2D eigenvalue weighted by molar-refractivity contribution is -0.139. The highest BCUT2D eigenvalue weighted by Crippen LogP contribution is 2.43. The molecule has 2 N–H and O–H groups in total. The van der Waals surface area contributed by atoms with E-state index in [4.69, 9.17) is 37.4 Å². The van der Waals surface area contributed by atoms with Crippen molar-refractivity contribution in [2.45, 2.75) is 38.8 Å². The maximum atomic E-state index is 13.2. The Kier molecular flexibility index (Phi) is 9.13. The average Bonchev–Trinajstić information content (AvgIpc) is 3.32. The molecule has 0 saturated heterocycles. The Hall–Kier alpha value is -2.92. The molecule has 0 fully saturated rings. The predicted octanol–water partition coefficient (Wildman–Crippen LogP) is 3.00. The Morgan fingerprint density at radius 1 is 1.19 bits per heavy atom. The minimum Gasteiger partial charge on any atom is -0.466 e. The Balaban J connectivity index is 2.01. The highest BCUT2D eigenvalue weighted by Gasteiger charge is 2.40. The first-order valence-corrected chi connectivity index (χ1v) is 11.9. The van der Waals surface area contributed by atoms with Gasteiger partial charge in [0.25, 0.3) is 0 Å². The van der Waals surface area contributed by atoms with Crippen molar-refractivity contribution in [3.05, 3.63) is 69.0 Å². The van der Waals surface area contributed by atoms with Gasteiger partial charge < -0.3 is 29.2 Å². The van der Waals surface area contributed by atoms with Crippen LogP contribution in [0.25, 0.3) is 0 Å². The summed E-state index contributed by atoms with van der Waals surface area (Å²) in [4.78, 5) is 26.1. The molecule has 10 nitrogen and oxygen atoms in total. The van der Waals surface area contributed by atoms with Gasteiger partial charge in [-0.25, -0.2) is 9.59 Å². The third-order valence-corrected chi connectivity index (χ3v) is 6.32. The number of halogens is 2. The van der Waals surface area contributed by atoms with E-state index in [0.29, 0.717) is 17.0 Å². The Labute approximate surface area is 218 Å². The molecule has 0 spiro atoms. The van der Waals surface area contributed by atoms with Gasteiger partial charge in [0.05, 0.1) is 66.3 Å². The van der Waals surface area contributed by atoms with Gasteiger partial charge in [0.15, 0.2) is 0 Å². The van der Waals surface area contributed by atoms with Crippen LogP contribution in [0, 0.1) is 0 Å². The van der Waals surface area contributed by atoms with Crippen LogP contribution in [-0.4, -0.2) is 64.3 Å². The summed E-state index contributed by atoms with van der Waals surface area (Å²) in [5.74, 6) is -2.23. The molecule has 1 aromatic carbocycles. The summed E-state index contributed by atoms with van der Waals surface area (Å²) in [5, 5.41) is 21.7. The molecule has 2 heterocycles. The van der Waals surface area contributed by atoms with Crippen LogP contribution in [0.15, 0.2) is 53.4 Å². The van der Waals surface area contributed by atoms with Gasteiger partial charge in [0.1, 0.15) is 18.3 Å². The molecule has 12 heteroatoms. The maximum Gasteiger partial charge on any atom is 0.336 e. The minimum absolute atomic E-state index is 0.0678. The molecule has 0 radical (unpaired) electrons. The molecule has 1 aromatic heterocycles. The van der Waals surface area contributed by atoms with Crippen molar-refractivity contribution in [2.75, 3.05) is 26.9 Å². The second-order valence-electron chi connectivity index (χ2n) is 8.47. The number of hydrogen-bond donors (Lipinski definition) is 2. The summed E-state index contributed by atoms with van der Waals surface area (Å²) >= 11 is 12.8. The van der Waals surface area contributed by atoms with Crippen LogP contribution in [0.3, 0.4) is 0 Å². The van der Waals surface area contributed by atoms with Crippen LogP contribution in [0.1, 0.15) is 32.3 Å². The molecule has 36 heavy (non-hydrogen) atoms. The van der Waals surface area contributed by atoms with Gasteiger partial charge in [-0.2, -0.15) is 0 Å². The largest absolute Gasteiger partial charge is 0.466 e. The number of nitrogens with one attached hydrogen (secondary N) is 1. The Morgan fingerprint density at radius 2 is 1.89 bits per heavy atom. The van der Waals surface area contributed by atoms with Crippen molar-refractivity contribution in [2.24, 2.45) is 0 Å². The zero-order valence-electron chi connectivity index (χ0n) is 20.4. The molecule has 2 unspecified atom stereocenters. The third kappa shape index (κ3) is 6.25. The first kappa shape index (κ1) is 27.7. The number of aliphatic hydroxyl groups is 1. The van der Waals surface area contributed by atoms with Crippen LogP contribution in [-0.2, 0) is 30.3 Å². The molecule has 0 aliphatic carbocycles. The highest BCUT2D eigenvalue weighted by atomic mass is 35.5. The van der Waals surface area contributed by atoms with Gasteiger partial charge in [-0.3, -0.25) is 0 Å². The van der Waals surface area contributed by atoms with E-state index >= 15 is 0 Å². The number of hydrogen-bond acceptors (Lipinski definition) is 9. The molecule has 1 aliphatic heterocycles. The van der Waals surface area contributed by atoms with E-state index in [-0.39, 0.29) is 47.6 Å². The van der Waals surface area contributed by atoms with Crippen LogP contribution in [0.2, 0.25) is 10.0 Å². The fourth-order valence-corrected chi connectivity index (χ4v) is 4.43. The summed E-state index contributed by atoms with van der Waals surface area (Å²) < 4.78 is 17.8. The number of carbonyl (C=O) groups excluding carboxylic acids is 2. The summed E-state index contributed by atoms with van der Waals surface area (Å²) in [6.07, 6.45) is 2.97. The average molecular weight is 539 g/mol. The molecule has 3 rings (SSSR count). The molecule has 1 aliphatic rings. The molecule has 194 valence electrons. The number of carbonyl (C=O) groups is 2. The number of rotatable bonds is 10. The quantitative estimate of drug-likeness (QED) is 0.439. The minimum atomic E-state index is -1.25. The lowest BCUT2D eigenvalue weighted by Gasteiger charge is -2.32. The highest BCUT2D eigenvalue weighted by molar-refractivity contribution is 6.42. The fraction of sp³-hybridized carbons (Fsp3) is 0.417. The number of aromatic nitrogens is 3. The fourth-order valence-electron chi connectivity index (χ4n) is 4.01. The van der Waals surface area contributed by atoms with Crippen LogP contribution in [0.5, 0.6) is 0 Å². The van der Waals surface area contributed by atoms with Gasteiger partial charge >= 0.3 is 11.9 Å². The van der Waals surface area contributed by atoms with Crippen LogP contribution in [0.4, 0.5) is 0 Å². The number of ether oxygens (including phenoxy) is 3. The second-order valence-corrected chi connectivity index (χ2v) is 9.25. The van der Waals surface area contributed by atoms with E-state index in [1.807, 2.05) is 0 Å². The van der Waals surface area contributed by atoms with Crippen molar-refractivity contribution in [3.8, 4) is 0 Å². The SMILES string of the molecule is CCOC(=O)C1=C(COCC(C)(O)Cn2cnnc2)NC(C)=C(C(=O)OC)C1c1cccc(Cl)c1Cl. The predicted molar refractivity (Wildman–Crippen MR) is 132 cm³/mol. The van der Waals surface area contributed by atoms with E-state index in [2.05, 4.69) is 15.5 Å². The lowest BCUT2D eigenvalue weighted by atomic mass is 9.80. The third-order valence-electron chi connectivity index (χ3n) is 5.49. The standard InChI is InChI=1S/C24H28Cl2N4O6/c1-5-36-23(32)20-17(9-35-11-24(3,33)10-30-12-27-28-13-30)29-14(2)18(22(31)34-4)19(20)15-7-6-8-16(25)21(15)26/h6-8,12-13,19,29,33H,5,9-11H2,1-4H3. The maximum absolute atomic E-state index is 13.2. The van der Waals surface area contributed by atoms with Gasteiger partial charge in [-0.05, 0) is 32.4 Å². The van der Waals surface area contributed by atoms with Crippen molar-refractivity contribution in [3.63, 3.8) is 0 Å². The number of esters is 2. The molecular formula is C24H28Cl2N4O6. The molecule has 0 saturated carbocycles. The van der Waals surface area contributed by atoms with E-state index in [0.717, 1.165) is 0 Å². The molecule has 0 amide bonds. The second kappa shape index (κ2) is 11.9. The first-order chi connectivity index (χ1) is 17.1. The van der Waals surface area contributed by atoms with Crippen molar-refractivity contribution in [1.29, 1.82) is 0 Å². The monoisotopic (exact) mass is 538 g/mol. The van der Waals surface area contributed by atoms with Crippen LogP contribution < -0.4 is 5.32 Å². The molecule has 2 aromatic rings. The zero-order chi connectivity index (χ0) is 26.5. The van der Waals surface area contributed by atoms with Crippen molar-refractivity contribution in [1.82, 2.24) is 20.1 Å². The Bertz CT molecular complexity index is 1180. The topological polar surface area (TPSA) is 125 Å². The van der Waals surface area contributed by atoms with Crippen molar-refractivity contribution < 1.29 is 28.9 Å². The van der Waals surface area contributed by atoms with Crippen molar-refractivity contribution >= 4 is 35.1 Å². The van der Waals surface area contributed by atoms with Gasteiger partial charge in [0, 0.05) is 5.70 Å².